The van der Waals surface area contributed by atoms with E-state index in [-0.39, 0.29) is 12.7 Å². The highest BCUT2D eigenvalue weighted by atomic mass is 16.7. The minimum Gasteiger partial charge on any atom is -0.454 e. The molecule has 1 aliphatic heterocycles. The van der Waals surface area contributed by atoms with Gasteiger partial charge in [-0.05, 0) is 24.1 Å². The first-order valence-electron chi connectivity index (χ1n) is 6.00. The predicted molar refractivity (Wildman–Crippen MR) is 70.3 cm³/mol. The minimum atomic E-state index is -0.0509. The van der Waals surface area contributed by atoms with Crippen LogP contribution in [0.3, 0.4) is 0 Å². The summed E-state index contributed by atoms with van der Waals surface area (Å²) in [7, 11) is 0. The minimum absolute atomic E-state index is 0.0509. The van der Waals surface area contributed by atoms with Crippen molar-refractivity contribution in [2.45, 2.75) is 13.3 Å². The number of ether oxygens (including phenoxy) is 2. The van der Waals surface area contributed by atoms with Crippen molar-refractivity contribution in [3.05, 3.63) is 29.3 Å². The lowest BCUT2D eigenvalue weighted by atomic mass is 10.1. The molecule has 1 N–H and O–H groups in total. The summed E-state index contributed by atoms with van der Waals surface area (Å²) in [6.45, 7) is 2.24. The van der Waals surface area contributed by atoms with Crippen molar-refractivity contribution in [3.63, 3.8) is 0 Å². The zero-order valence-electron chi connectivity index (χ0n) is 10.6. The molecule has 1 aromatic rings. The van der Waals surface area contributed by atoms with Crippen molar-refractivity contribution in [1.29, 1.82) is 0 Å². The number of hydrogen-bond donors (Lipinski definition) is 1. The van der Waals surface area contributed by atoms with E-state index in [1.807, 2.05) is 12.2 Å². The van der Waals surface area contributed by atoms with Crippen molar-refractivity contribution < 1.29 is 19.1 Å². The number of rotatable bonds is 5. The lowest BCUT2D eigenvalue weighted by Gasteiger charge is -2.02. The summed E-state index contributed by atoms with van der Waals surface area (Å²) in [5.41, 5.74) is 1.34. The van der Waals surface area contributed by atoms with Crippen LogP contribution in [0, 0.1) is 0 Å². The van der Waals surface area contributed by atoms with Crippen LogP contribution in [-0.2, 0) is 4.79 Å². The second-order valence-corrected chi connectivity index (χ2v) is 4.13. The molecule has 0 saturated heterocycles. The number of fused-ring (bicyclic) bond motifs is 1. The molecule has 1 heterocycles. The number of carbonyl (C=O) groups is 2. The topological polar surface area (TPSA) is 64.6 Å². The fourth-order valence-corrected chi connectivity index (χ4v) is 1.76. The first kappa shape index (κ1) is 13.1. The highest BCUT2D eigenvalue weighted by Gasteiger charge is 2.15. The molecule has 0 unspecified atom stereocenters. The first-order chi connectivity index (χ1) is 9.20. The van der Waals surface area contributed by atoms with Gasteiger partial charge in [0.1, 0.15) is 0 Å². The number of aldehydes is 1. The maximum absolute atomic E-state index is 11.0. The summed E-state index contributed by atoms with van der Waals surface area (Å²) in [6.07, 6.45) is 5.23. The van der Waals surface area contributed by atoms with Crippen molar-refractivity contribution >= 4 is 18.3 Å². The van der Waals surface area contributed by atoms with Crippen molar-refractivity contribution in [2.75, 3.05) is 13.3 Å². The standard InChI is InChI=1S/C14H15NO4/c1-10(17)15-5-3-2-4-11-6-13-14(19-9-18-13)7-12(11)8-16/h2,4,6-8H,3,5,9H2,1H3,(H,15,17). The third-order valence-corrected chi connectivity index (χ3v) is 2.69. The van der Waals surface area contributed by atoms with Gasteiger partial charge in [0.25, 0.3) is 0 Å². The van der Waals surface area contributed by atoms with E-state index in [1.165, 1.54) is 6.92 Å². The molecule has 0 bridgehead atoms. The Labute approximate surface area is 111 Å². The van der Waals surface area contributed by atoms with E-state index < -0.39 is 0 Å². The molecule has 0 saturated carbocycles. The molecule has 19 heavy (non-hydrogen) atoms. The molecule has 1 aliphatic rings. The molecule has 1 amide bonds. The molecule has 0 atom stereocenters. The van der Waals surface area contributed by atoms with Crippen molar-refractivity contribution in [3.8, 4) is 11.5 Å². The number of hydrogen-bond acceptors (Lipinski definition) is 4. The molecule has 0 radical (unpaired) electrons. The molecule has 0 fully saturated rings. The maximum atomic E-state index is 11.0. The van der Waals surface area contributed by atoms with Crippen LogP contribution in [0.4, 0.5) is 0 Å². The van der Waals surface area contributed by atoms with Gasteiger partial charge in [-0.25, -0.2) is 0 Å². The Morgan fingerprint density at radius 1 is 1.32 bits per heavy atom. The SMILES string of the molecule is CC(=O)NCCC=Cc1cc2c(cc1C=O)OCO2. The summed E-state index contributed by atoms with van der Waals surface area (Å²) in [5, 5.41) is 2.70. The second-order valence-electron chi connectivity index (χ2n) is 4.13. The fourth-order valence-electron chi connectivity index (χ4n) is 1.76. The largest absolute Gasteiger partial charge is 0.454 e. The van der Waals surface area contributed by atoms with Crippen molar-refractivity contribution in [2.24, 2.45) is 0 Å². The van der Waals surface area contributed by atoms with Crippen molar-refractivity contribution in [1.82, 2.24) is 5.32 Å². The summed E-state index contributed by atoms with van der Waals surface area (Å²) in [4.78, 5) is 21.7. The smallest absolute Gasteiger partial charge is 0.231 e. The van der Waals surface area contributed by atoms with E-state index in [0.717, 1.165) is 11.8 Å². The Bertz CT molecular complexity index is 522. The van der Waals surface area contributed by atoms with E-state index in [9.17, 15) is 9.59 Å². The molecule has 5 heteroatoms. The molecular weight excluding hydrogens is 246 g/mol. The summed E-state index contributed by atoms with van der Waals surface area (Å²) in [6, 6.07) is 3.45. The molecule has 1 aromatic carbocycles. The van der Waals surface area contributed by atoms with E-state index in [0.29, 0.717) is 30.0 Å². The predicted octanol–water partition coefficient (Wildman–Crippen LogP) is 1.77. The zero-order valence-corrected chi connectivity index (χ0v) is 10.6. The quantitative estimate of drug-likeness (QED) is 0.648. The van der Waals surface area contributed by atoms with Crippen LogP contribution in [0.25, 0.3) is 6.08 Å². The maximum Gasteiger partial charge on any atom is 0.231 e. The molecular formula is C14H15NO4. The van der Waals surface area contributed by atoms with Gasteiger partial charge in [-0.15, -0.1) is 0 Å². The Morgan fingerprint density at radius 2 is 2.00 bits per heavy atom. The fraction of sp³-hybridized carbons (Fsp3) is 0.286. The van der Waals surface area contributed by atoms with Crippen LogP contribution in [-0.4, -0.2) is 25.5 Å². The van der Waals surface area contributed by atoms with Crippen LogP contribution in [0.5, 0.6) is 11.5 Å². The summed E-state index contributed by atoms with van der Waals surface area (Å²) >= 11 is 0. The van der Waals surface area contributed by atoms with Gasteiger partial charge in [0.2, 0.25) is 12.7 Å². The van der Waals surface area contributed by atoms with E-state index >= 15 is 0 Å². The van der Waals surface area contributed by atoms with Gasteiger partial charge < -0.3 is 14.8 Å². The van der Waals surface area contributed by atoms with Gasteiger partial charge in [0.05, 0.1) is 0 Å². The van der Waals surface area contributed by atoms with E-state index in [2.05, 4.69) is 5.32 Å². The number of carbonyl (C=O) groups excluding carboxylic acids is 2. The molecule has 100 valence electrons. The second kappa shape index (κ2) is 6.04. The Morgan fingerprint density at radius 3 is 2.63 bits per heavy atom. The molecule has 5 nitrogen and oxygen atoms in total. The van der Waals surface area contributed by atoms with Gasteiger partial charge in [-0.3, -0.25) is 9.59 Å². The third kappa shape index (κ3) is 3.34. The van der Waals surface area contributed by atoms with E-state index in [1.54, 1.807) is 12.1 Å². The number of nitrogens with one attached hydrogen (secondary N) is 1. The lowest BCUT2D eigenvalue weighted by Crippen LogP contribution is -2.20. The van der Waals surface area contributed by atoms with Gasteiger partial charge in [0, 0.05) is 19.0 Å². The van der Waals surface area contributed by atoms with Crippen LogP contribution in [0.2, 0.25) is 0 Å². The average Bonchev–Trinajstić information content (AvgIpc) is 2.83. The normalized spacial score (nSPS) is 12.7. The number of amides is 1. The van der Waals surface area contributed by atoms with E-state index in [4.69, 9.17) is 9.47 Å². The van der Waals surface area contributed by atoms with Gasteiger partial charge in [0.15, 0.2) is 17.8 Å². The molecule has 0 spiro atoms. The van der Waals surface area contributed by atoms with Crippen LogP contribution in [0.15, 0.2) is 18.2 Å². The average molecular weight is 261 g/mol. The van der Waals surface area contributed by atoms with Gasteiger partial charge in [-0.1, -0.05) is 12.2 Å². The molecule has 0 aliphatic carbocycles. The Balaban J connectivity index is 2.05. The monoisotopic (exact) mass is 261 g/mol. The Kier molecular flexibility index (Phi) is 4.18. The Hall–Kier alpha value is -2.30. The lowest BCUT2D eigenvalue weighted by molar-refractivity contribution is -0.118. The zero-order chi connectivity index (χ0) is 13.7. The van der Waals surface area contributed by atoms with Gasteiger partial charge in [-0.2, -0.15) is 0 Å². The highest BCUT2D eigenvalue weighted by Crippen LogP contribution is 2.34. The summed E-state index contributed by atoms with van der Waals surface area (Å²) in [5.74, 6) is 1.19. The molecule has 0 aromatic heterocycles. The van der Waals surface area contributed by atoms with Crippen LogP contribution < -0.4 is 14.8 Å². The first-order valence-corrected chi connectivity index (χ1v) is 6.00. The third-order valence-electron chi connectivity index (χ3n) is 2.69. The molecule has 2 rings (SSSR count). The summed E-state index contributed by atoms with van der Waals surface area (Å²) < 4.78 is 10.5. The van der Waals surface area contributed by atoms with Gasteiger partial charge >= 0.3 is 0 Å². The van der Waals surface area contributed by atoms with Crippen LogP contribution in [0.1, 0.15) is 29.3 Å². The highest BCUT2D eigenvalue weighted by molar-refractivity contribution is 5.84. The number of benzene rings is 1. The van der Waals surface area contributed by atoms with Crippen LogP contribution >= 0.6 is 0 Å².